The number of rotatable bonds is 1. The first kappa shape index (κ1) is 10.6. The van der Waals surface area contributed by atoms with Crippen molar-refractivity contribution >= 4 is 22.5 Å². The molecule has 3 aromatic rings. The van der Waals surface area contributed by atoms with E-state index in [4.69, 9.17) is 15.9 Å². The third-order valence-electron chi connectivity index (χ3n) is 2.69. The van der Waals surface area contributed by atoms with Crippen LogP contribution < -0.4 is 11.5 Å². The SMILES string of the molecule is Nc1cccc(N)c1-c1nc2cc(F)ccc2o1. The van der Waals surface area contributed by atoms with Crippen molar-refractivity contribution in [1.29, 1.82) is 0 Å². The molecule has 0 aliphatic carbocycles. The summed E-state index contributed by atoms with van der Waals surface area (Å²) in [6.07, 6.45) is 0. The van der Waals surface area contributed by atoms with Crippen LogP contribution in [0.4, 0.5) is 15.8 Å². The quantitative estimate of drug-likeness (QED) is 0.644. The normalized spacial score (nSPS) is 10.9. The van der Waals surface area contributed by atoms with Crippen molar-refractivity contribution < 1.29 is 8.81 Å². The molecule has 0 saturated carbocycles. The predicted molar refractivity (Wildman–Crippen MR) is 68.2 cm³/mol. The summed E-state index contributed by atoms with van der Waals surface area (Å²) in [6, 6.07) is 9.31. The Labute approximate surface area is 102 Å². The molecule has 0 atom stereocenters. The lowest BCUT2D eigenvalue weighted by Gasteiger charge is -2.03. The van der Waals surface area contributed by atoms with E-state index in [9.17, 15) is 4.39 Å². The molecule has 0 saturated heterocycles. The molecule has 4 N–H and O–H groups in total. The Bertz CT molecular complexity index is 716. The van der Waals surface area contributed by atoms with Gasteiger partial charge in [0.1, 0.15) is 11.3 Å². The second-order valence-electron chi connectivity index (χ2n) is 3.94. The fraction of sp³-hybridized carbons (Fsp3) is 0. The van der Waals surface area contributed by atoms with E-state index in [1.54, 1.807) is 18.2 Å². The van der Waals surface area contributed by atoms with Crippen molar-refractivity contribution in [2.45, 2.75) is 0 Å². The highest BCUT2D eigenvalue weighted by molar-refractivity contribution is 5.85. The van der Waals surface area contributed by atoms with Gasteiger partial charge in [-0.15, -0.1) is 0 Å². The number of anilines is 2. The van der Waals surface area contributed by atoms with E-state index >= 15 is 0 Å². The van der Waals surface area contributed by atoms with Crippen LogP contribution in [0.25, 0.3) is 22.6 Å². The molecular formula is C13H10FN3O. The summed E-state index contributed by atoms with van der Waals surface area (Å²) < 4.78 is 18.6. The molecule has 0 unspecified atom stereocenters. The van der Waals surface area contributed by atoms with Crippen molar-refractivity contribution in [3.05, 3.63) is 42.2 Å². The van der Waals surface area contributed by atoms with Crippen LogP contribution in [0.1, 0.15) is 0 Å². The van der Waals surface area contributed by atoms with Crippen LogP contribution in [0.3, 0.4) is 0 Å². The molecule has 4 nitrogen and oxygen atoms in total. The number of fused-ring (bicyclic) bond motifs is 1. The molecule has 18 heavy (non-hydrogen) atoms. The van der Waals surface area contributed by atoms with Crippen LogP contribution in [0, 0.1) is 5.82 Å². The minimum Gasteiger partial charge on any atom is -0.436 e. The van der Waals surface area contributed by atoms with E-state index in [2.05, 4.69) is 4.98 Å². The summed E-state index contributed by atoms with van der Waals surface area (Å²) in [5, 5.41) is 0. The zero-order valence-corrected chi connectivity index (χ0v) is 9.35. The van der Waals surface area contributed by atoms with Gasteiger partial charge in [-0.25, -0.2) is 9.37 Å². The second-order valence-corrected chi connectivity index (χ2v) is 3.94. The topological polar surface area (TPSA) is 78.1 Å². The number of benzene rings is 2. The Balaban J connectivity index is 2.26. The third kappa shape index (κ3) is 1.57. The highest BCUT2D eigenvalue weighted by Crippen LogP contribution is 2.33. The molecule has 5 heteroatoms. The van der Waals surface area contributed by atoms with Gasteiger partial charge < -0.3 is 15.9 Å². The van der Waals surface area contributed by atoms with E-state index in [0.717, 1.165) is 0 Å². The minimum atomic E-state index is -0.364. The fourth-order valence-electron chi connectivity index (χ4n) is 1.84. The van der Waals surface area contributed by atoms with E-state index in [1.807, 2.05) is 0 Å². The summed E-state index contributed by atoms with van der Waals surface area (Å²) in [5.41, 5.74) is 14.1. The van der Waals surface area contributed by atoms with E-state index in [-0.39, 0.29) is 5.82 Å². The molecule has 0 bridgehead atoms. The number of nitrogen functional groups attached to an aromatic ring is 2. The number of halogens is 1. The lowest BCUT2D eigenvalue weighted by molar-refractivity contribution is 0.614. The van der Waals surface area contributed by atoms with Crippen LogP contribution >= 0.6 is 0 Å². The number of hydrogen-bond acceptors (Lipinski definition) is 4. The maximum atomic E-state index is 13.1. The maximum Gasteiger partial charge on any atom is 0.231 e. The first-order valence-electron chi connectivity index (χ1n) is 5.35. The Morgan fingerprint density at radius 2 is 1.78 bits per heavy atom. The summed E-state index contributed by atoms with van der Waals surface area (Å²) in [4.78, 5) is 4.20. The van der Waals surface area contributed by atoms with Crippen LogP contribution in [0.15, 0.2) is 40.8 Å². The Morgan fingerprint density at radius 1 is 1.06 bits per heavy atom. The Morgan fingerprint density at radius 3 is 2.50 bits per heavy atom. The molecule has 0 fully saturated rings. The minimum absolute atomic E-state index is 0.297. The second kappa shape index (κ2) is 3.73. The number of hydrogen-bond donors (Lipinski definition) is 2. The lowest BCUT2D eigenvalue weighted by Crippen LogP contribution is -1.95. The Kier molecular flexibility index (Phi) is 2.19. The van der Waals surface area contributed by atoms with Crippen LogP contribution in [-0.2, 0) is 0 Å². The molecule has 2 aromatic carbocycles. The van der Waals surface area contributed by atoms with Gasteiger partial charge in [0, 0.05) is 17.4 Å². The van der Waals surface area contributed by atoms with Gasteiger partial charge in [-0.05, 0) is 24.3 Å². The Hall–Kier alpha value is -2.56. The van der Waals surface area contributed by atoms with Crippen LogP contribution in [0.2, 0.25) is 0 Å². The summed E-state index contributed by atoms with van der Waals surface area (Å²) >= 11 is 0. The van der Waals surface area contributed by atoms with Crippen molar-refractivity contribution in [2.24, 2.45) is 0 Å². The molecule has 0 amide bonds. The molecular weight excluding hydrogens is 233 g/mol. The van der Waals surface area contributed by atoms with Gasteiger partial charge in [-0.3, -0.25) is 0 Å². The fourth-order valence-corrected chi connectivity index (χ4v) is 1.84. The van der Waals surface area contributed by atoms with E-state index in [1.165, 1.54) is 18.2 Å². The van der Waals surface area contributed by atoms with Gasteiger partial charge in [0.25, 0.3) is 0 Å². The average Bonchev–Trinajstić information content (AvgIpc) is 2.71. The number of nitrogens with two attached hydrogens (primary N) is 2. The van der Waals surface area contributed by atoms with Gasteiger partial charge in [-0.2, -0.15) is 0 Å². The number of oxazole rings is 1. The van der Waals surface area contributed by atoms with Gasteiger partial charge in [0.15, 0.2) is 5.58 Å². The molecule has 90 valence electrons. The highest BCUT2D eigenvalue weighted by Gasteiger charge is 2.14. The summed E-state index contributed by atoms with van der Waals surface area (Å²) in [6.45, 7) is 0. The summed E-state index contributed by atoms with van der Waals surface area (Å²) in [7, 11) is 0. The number of nitrogens with zero attached hydrogens (tertiary/aromatic N) is 1. The summed E-state index contributed by atoms with van der Waals surface area (Å²) in [5.74, 6) is -0.0671. The third-order valence-corrected chi connectivity index (χ3v) is 2.69. The first-order chi connectivity index (χ1) is 8.65. The van der Waals surface area contributed by atoms with Crippen molar-refractivity contribution in [3.63, 3.8) is 0 Å². The van der Waals surface area contributed by atoms with Crippen LogP contribution in [0.5, 0.6) is 0 Å². The maximum absolute atomic E-state index is 13.1. The zero-order chi connectivity index (χ0) is 12.7. The zero-order valence-electron chi connectivity index (χ0n) is 9.35. The molecule has 0 aliphatic rings. The molecule has 0 radical (unpaired) electrons. The molecule has 0 spiro atoms. The van der Waals surface area contributed by atoms with Crippen molar-refractivity contribution in [2.75, 3.05) is 11.5 Å². The van der Waals surface area contributed by atoms with Gasteiger partial charge in [0.05, 0.1) is 5.56 Å². The smallest absolute Gasteiger partial charge is 0.231 e. The van der Waals surface area contributed by atoms with E-state index in [0.29, 0.717) is 33.9 Å². The first-order valence-corrected chi connectivity index (χ1v) is 5.35. The monoisotopic (exact) mass is 243 g/mol. The van der Waals surface area contributed by atoms with Gasteiger partial charge in [-0.1, -0.05) is 6.07 Å². The van der Waals surface area contributed by atoms with Crippen molar-refractivity contribution in [1.82, 2.24) is 4.98 Å². The predicted octanol–water partition coefficient (Wildman–Crippen LogP) is 2.80. The highest BCUT2D eigenvalue weighted by atomic mass is 19.1. The molecule has 1 aromatic heterocycles. The van der Waals surface area contributed by atoms with Crippen LogP contribution in [-0.4, -0.2) is 4.98 Å². The van der Waals surface area contributed by atoms with E-state index < -0.39 is 0 Å². The number of aromatic nitrogens is 1. The molecule has 1 heterocycles. The van der Waals surface area contributed by atoms with Gasteiger partial charge in [0.2, 0.25) is 5.89 Å². The molecule has 0 aliphatic heterocycles. The lowest BCUT2D eigenvalue weighted by atomic mass is 10.1. The largest absolute Gasteiger partial charge is 0.436 e. The van der Waals surface area contributed by atoms with Crippen molar-refractivity contribution in [3.8, 4) is 11.5 Å². The van der Waals surface area contributed by atoms with Gasteiger partial charge >= 0.3 is 0 Å². The molecule has 3 rings (SSSR count). The standard InChI is InChI=1S/C13H10FN3O/c14-7-4-5-11-10(6-7)17-13(18-11)12-8(15)2-1-3-9(12)16/h1-6H,15-16H2. The average molecular weight is 243 g/mol.